The van der Waals surface area contributed by atoms with E-state index < -0.39 is 0 Å². The maximum Gasteiger partial charge on any atom is 0.230 e. The van der Waals surface area contributed by atoms with E-state index in [-0.39, 0.29) is 12.3 Å². The van der Waals surface area contributed by atoms with E-state index >= 15 is 0 Å². The van der Waals surface area contributed by atoms with Crippen molar-refractivity contribution < 1.29 is 9.53 Å². The molecule has 23 heavy (non-hydrogen) atoms. The molecule has 0 aliphatic heterocycles. The number of aromatic nitrogens is 1. The highest BCUT2D eigenvalue weighted by Gasteiger charge is 2.10. The fraction of sp³-hybridized carbons (Fsp3) is 0.176. The molecule has 0 atom stereocenters. The number of benzene rings is 2. The van der Waals surface area contributed by atoms with Crippen LogP contribution in [0.15, 0.2) is 42.5 Å². The fourth-order valence-corrected chi connectivity index (χ4v) is 3.37. The molecule has 0 bridgehead atoms. The summed E-state index contributed by atoms with van der Waals surface area (Å²) in [6, 6.07) is 13.1. The third-order valence-corrected chi connectivity index (χ3v) is 4.46. The summed E-state index contributed by atoms with van der Waals surface area (Å²) in [7, 11) is 0. The molecule has 0 aliphatic rings. The van der Waals surface area contributed by atoms with Gasteiger partial charge in [-0.3, -0.25) is 4.79 Å². The number of amides is 1. The molecule has 118 valence electrons. The van der Waals surface area contributed by atoms with Crippen molar-refractivity contribution in [2.75, 3.05) is 11.9 Å². The Hall–Kier alpha value is -2.11. The summed E-state index contributed by atoms with van der Waals surface area (Å²) in [4.78, 5) is 16.5. The molecule has 4 nitrogen and oxygen atoms in total. The molecule has 1 aromatic heterocycles. The second-order valence-corrected chi connectivity index (χ2v) is 6.35. The Bertz CT molecular complexity index is 830. The summed E-state index contributed by atoms with van der Waals surface area (Å²) >= 11 is 7.51. The van der Waals surface area contributed by atoms with Crippen LogP contribution in [0.4, 0.5) is 5.13 Å². The van der Waals surface area contributed by atoms with Crippen LogP contribution in [0.1, 0.15) is 12.5 Å². The summed E-state index contributed by atoms with van der Waals surface area (Å²) in [5, 5.41) is 3.97. The number of thiazole rings is 1. The molecular formula is C17H15ClN2O2S. The van der Waals surface area contributed by atoms with Gasteiger partial charge in [-0.25, -0.2) is 4.98 Å². The lowest BCUT2D eigenvalue weighted by atomic mass is 10.1. The van der Waals surface area contributed by atoms with Gasteiger partial charge < -0.3 is 10.1 Å². The number of rotatable bonds is 5. The average Bonchev–Trinajstić information content (AvgIpc) is 2.93. The first kappa shape index (κ1) is 15.8. The third-order valence-electron chi connectivity index (χ3n) is 3.22. The fourth-order valence-electron chi connectivity index (χ4n) is 2.19. The van der Waals surface area contributed by atoms with Crippen molar-refractivity contribution in [1.82, 2.24) is 4.98 Å². The van der Waals surface area contributed by atoms with Crippen molar-refractivity contribution in [3.63, 3.8) is 0 Å². The molecular weight excluding hydrogens is 332 g/mol. The summed E-state index contributed by atoms with van der Waals surface area (Å²) in [6.45, 7) is 2.56. The molecule has 0 unspecified atom stereocenters. The van der Waals surface area contributed by atoms with Crippen molar-refractivity contribution in [2.45, 2.75) is 13.3 Å². The maximum atomic E-state index is 12.1. The summed E-state index contributed by atoms with van der Waals surface area (Å²) in [5.41, 5.74) is 1.64. The van der Waals surface area contributed by atoms with Crippen LogP contribution in [-0.4, -0.2) is 17.5 Å². The molecule has 0 saturated carbocycles. The van der Waals surface area contributed by atoms with Crippen LogP contribution in [0.2, 0.25) is 5.02 Å². The van der Waals surface area contributed by atoms with Crippen molar-refractivity contribution >= 4 is 44.2 Å². The van der Waals surface area contributed by atoms with Gasteiger partial charge in [-0.2, -0.15) is 0 Å². The van der Waals surface area contributed by atoms with Crippen LogP contribution in [0.5, 0.6) is 5.75 Å². The maximum absolute atomic E-state index is 12.1. The number of carbonyl (C=O) groups is 1. The van der Waals surface area contributed by atoms with Crippen molar-refractivity contribution in [2.24, 2.45) is 0 Å². The highest BCUT2D eigenvalue weighted by Crippen LogP contribution is 2.30. The van der Waals surface area contributed by atoms with Gasteiger partial charge in [0.2, 0.25) is 5.91 Å². The van der Waals surface area contributed by atoms with Gasteiger partial charge in [0, 0.05) is 0 Å². The number of hydrogen-bond donors (Lipinski definition) is 1. The molecule has 3 aromatic rings. The Labute approximate surface area is 143 Å². The van der Waals surface area contributed by atoms with E-state index in [1.165, 1.54) is 11.3 Å². The van der Waals surface area contributed by atoms with Crippen LogP contribution >= 0.6 is 22.9 Å². The predicted octanol–water partition coefficient (Wildman–Crippen LogP) is 4.53. The quantitative estimate of drug-likeness (QED) is 0.738. The topological polar surface area (TPSA) is 51.2 Å². The Morgan fingerprint density at radius 2 is 2.04 bits per heavy atom. The molecule has 0 saturated heterocycles. The van der Waals surface area contributed by atoms with Crippen LogP contribution in [0.3, 0.4) is 0 Å². The van der Waals surface area contributed by atoms with E-state index in [9.17, 15) is 4.79 Å². The van der Waals surface area contributed by atoms with E-state index in [0.29, 0.717) is 16.8 Å². The van der Waals surface area contributed by atoms with E-state index in [1.54, 1.807) is 6.07 Å². The molecule has 3 rings (SSSR count). The lowest BCUT2D eigenvalue weighted by Crippen LogP contribution is -2.14. The van der Waals surface area contributed by atoms with Crippen LogP contribution in [-0.2, 0) is 11.2 Å². The molecule has 2 aromatic carbocycles. The van der Waals surface area contributed by atoms with Gasteiger partial charge in [-0.1, -0.05) is 41.1 Å². The van der Waals surface area contributed by atoms with E-state index in [2.05, 4.69) is 10.3 Å². The number of fused-ring (bicyclic) bond motifs is 1. The average molecular weight is 347 g/mol. The van der Waals surface area contributed by atoms with E-state index in [4.69, 9.17) is 16.3 Å². The molecule has 0 spiro atoms. The Kier molecular flexibility index (Phi) is 4.79. The van der Waals surface area contributed by atoms with Crippen molar-refractivity contribution in [1.29, 1.82) is 0 Å². The molecule has 1 amide bonds. The minimum absolute atomic E-state index is 0.107. The molecule has 6 heteroatoms. The van der Waals surface area contributed by atoms with Crippen LogP contribution in [0.25, 0.3) is 10.2 Å². The smallest absolute Gasteiger partial charge is 0.230 e. The molecule has 0 aliphatic carbocycles. The number of nitrogens with one attached hydrogen (secondary N) is 1. The first-order chi connectivity index (χ1) is 11.2. The van der Waals surface area contributed by atoms with E-state index in [0.717, 1.165) is 21.5 Å². The number of anilines is 1. The molecule has 1 heterocycles. The largest absolute Gasteiger partial charge is 0.494 e. The van der Waals surface area contributed by atoms with Crippen LogP contribution < -0.4 is 10.1 Å². The number of nitrogens with zero attached hydrogens (tertiary/aromatic N) is 1. The number of halogens is 1. The first-order valence-electron chi connectivity index (χ1n) is 7.22. The van der Waals surface area contributed by atoms with Crippen molar-refractivity contribution in [3.8, 4) is 5.75 Å². The summed E-state index contributed by atoms with van der Waals surface area (Å²) < 4.78 is 6.34. The van der Waals surface area contributed by atoms with Gasteiger partial charge in [-0.15, -0.1) is 0 Å². The first-order valence-corrected chi connectivity index (χ1v) is 8.42. The molecule has 0 fully saturated rings. The lowest BCUT2D eigenvalue weighted by Gasteiger charge is -2.05. The number of para-hydroxylation sites is 1. The van der Waals surface area contributed by atoms with Crippen LogP contribution in [0, 0.1) is 0 Å². The van der Waals surface area contributed by atoms with Gasteiger partial charge >= 0.3 is 0 Å². The molecule has 1 N–H and O–H groups in total. The minimum Gasteiger partial charge on any atom is -0.494 e. The normalized spacial score (nSPS) is 10.7. The number of ether oxygens (including phenoxy) is 1. The van der Waals surface area contributed by atoms with Gasteiger partial charge in [0.25, 0.3) is 0 Å². The Morgan fingerprint density at radius 3 is 2.74 bits per heavy atom. The van der Waals surface area contributed by atoms with Gasteiger partial charge in [0.05, 0.1) is 22.8 Å². The lowest BCUT2D eigenvalue weighted by molar-refractivity contribution is -0.115. The Morgan fingerprint density at radius 1 is 1.26 bits per heavy atom. The van der Waals surface area contributed by atoms with Gasteiger partial charge in [0.15, 0.2) is 5.13 Å². The van der Waals surface area contributed by atoms with Gasteiger partial charge in [0.1, 0.15) is 11.3 Å². The summed E-state index contributed by atoms with van der Waals surface area (Å²) in [6.07, 6.45) is 0.288. The monoisotopic (exact) mass is 346 g/mol. The molecule has 0 radical (unpaired) electrons. The zero-order valence-corrected chi connectivity index (χ0v) is 14.1. The Balaban J connectivity index is 1.67. The summed E-state index contributed by atoms with van der Waals surface area (Å²) in [5.74, 6) is 0.696. The highest BCUT2D eigenvalue weighted by molar-refractivity contribution is 7.22. The number of hydrogen-bond acceptors (Lipinski definition) is 4. The highest BCUT2D eigenvalue weighted by atomic mass is 35.5. The standard InChI is InChI=1S/C17H15ClN2O2S/c1-2-22-12-8-6-11(7-9-12)10-15(21)19-17-20-16-13(18)4-3-5-14(16)23-17/h3-9H,2,10H2,1H3,(H,19,20,21). The predicted molar refractivity (Wildman–Crippen MR) is 94.6 cm³/mol. The van der Waals surface area contributed by atoms with E-state index in [1.807, 2.05) is 43.3 Å². The zero-order valence-electron chi connectivity index (χ0n) is 12.5. The zero-order chi connectivity index (χ0) is 16.2. The number of carbonyl (C=O) groups excluding carboxylic acids is 1. The van der Waals surface area contributed by atoms with Crippen molar-refractivity contribution in [3.05, 3.63) is 53.1 Å². The second kappa shape index (κ2) is 6.98. The second-order valence-electron chi connectivity index (χ2n) is 4.91. The third kappa shape index (κ3) is 3.81. The SMILES string of the molecule is CCOc1ccc(CC(=O)Nc2nc3c(Cl)cccc3s2)cc1. The minimum atomic E-state index is -0.107. The van der Waals surface area contributed by atoms with Gasteiger partial charge in [-0.05, 0) is 36.8 Å².